The maximum absolute atomic E-state index is 15.0. The molecule has 0 heterocycles. The van der Waals surface area contributed by atoms with Crippen LogP contribution in [0.15, 0.2) is 36.4 Å². The molecule has 1 saturated carbocycles. The van der Waals surface area contributed by atoms with Gasteiger partial charge in [-0.25, -0.2) is 8.78 Å². The number of benzene rings is 2. The predicted molar refractivity (Wildman–Crippen MR) is 162 cm³/mol. The van der Waals surface area contributed by atoms with Crippen LogP contribution >= 0.6 is 34.8 Å². The third-order valence-electron chi connectivity index (χ3n) is 8.59. The van der Waals surface area contributed by atoms with Gasteiger partial charge in [0.1, 0.15) is 0 Å². The van der Waals surface area contributed by atoms with Crippen LogP contribution in [0, 0.1) is 11.8 Å². The average molecular weight is 750 g/mol. The third-order valence-corrected chi connectivity index (χ3v) is 9.90. The molecule has 2 aromatic rings. The molecular weight excluding hydrogens is 723 g/mol. The predicted octanol–water partition coefficient (Wildman–Crippen LogP) is 9.25. The van der Waals surface area contributed by atoms with Gasteiger partial charge in [0.2, 0.25) is 5.91 Å². The molecule has 17 heteroatoms. The number of nitrogens with one attached hydrogen (secondary N) is 2. The Morgan fingerprint density at radius 1 is 0.750 bits per heavy atom. The first-order valence-corrected chi connectivity index (χ1v) is 15.8. The number of halogens is 11. The fraction of sp³-hybridized carbons (Fsp3) is 0.484. The number of fused-ring (bicyclic) bond motifs is 2. The van der Waals surface area contributed by atoms with Crippen molar-refractivity contribution in [3.8, 4) is 0 Å². The molecule has 2 aliphatic rings. The standard InChI is InChI=1S/C31H27Cl3F8N2O4/c1-2-3-6-15-9-11-16(12-10-15)25(47)43-19-13-14-20(22-21(19)23(45)17-7-4-5-8-18(17)24(22)46)44-26(48)27(35,36)28(32,37)30(39,40)29(33,38)31(34,41)42/h4-5,7-8,13-16H,2-3,6,9-12H2,1H3,(H,43,47)(H,44,48). The van der Waals surface area contributed by atoms with Crippen LogP contribution in [0.5, 0.6) is 0 Å². The lowest BCUT2D eigenvalue weighted by Crippen LogP contribution is -2.67. The van der Waals surface area contributed by atoms with Crippen LogP contribution in [0.2, 0.25) is 0 Å². The van der Waals surface area contributed by atoms with Crippen molar-refractivity contribution in [2.45, 2.75) is 79.4 Å². The van der Waals surface area contributed by atoms with Crippen molar-refractivity contribution in [1.82, 2.24) is 0 Å². The second-order valence-electron chi connectivity index (χ2n) is 11.7. The Morgan fingerprint density at radius 2 is 1.23 bits per heavy atom. The van der Waals surface area contributed by atoms with Crippen LogP contribution in [-0.2, 0) is 9.59 Å². The van der Waals surface area contributed by atoms with E-state index >= 15 is 0 Å². The highest BCUT2D eigenvalue weighted by atomic mass is 35.5. The molecule has 4 rings (SSSR count). The van der Waals surface area contributed by atoms with Gasteiger partial charge in [-0.05, 0) is 55.3 Å². The smallest absolute Gasteiger partial charge is 0.325 e. The number of unbranched alkanes of at least 4 members (excludes halogenated alkanes) is 1. The minimum atomic E-state index is -6.73. The van der Waals surface area contributed by atoms with Crippen molar-refractivity contribution in [3.05, 3.63) is 58.7 Å². The van der Waals surface area contributed by atoms with E-state index in [2.05, 4.69) is 47.0 Å². The Hall–Kier alpha value is -2.97. The van der Waals surface area contributed by atoms with Gasteiger partial charge in [0.25, 0.3) is 5.91 Å². The topological polar surface area (TPSA) is 92.3 Å². The summed E-state index contributed by atoms with van der Waals surface area (Å²) in [6, 6.07) is 6.89. The SMILES string of the molecule is CCCCC1CCC(C(=O)Nc2ccc(NC(=O)C(F)(F)C(F)(Cl)C(F)(F)C(F)(Cl)C(F)(F)Cl)c3c2C(=O)c2ccccc2C3=O)CC1. The first-order valence-electron chi connectivity index (χ1n) is 14.7. The number of ketones is 2. The van der Waals surface area contributed by atoms with Gasteiger partial charge in [0.15, 0.2) is 11.6 Å². The van der Waals surface area contributed by atoms with Gasteiger partial charge in [-0.2, -0.15) is 26.3 Å². The number of rotatable bonds is 11. The fourth-order valence-electron chi connectivity index (χ4n) is 5.79. The zero-order valence-electron chi connectivity index (χ0n) is 24.9. The number of anilines is 2. The molecule has 0 saturated heterocycles. The quantitative estimate of drug-likeness (QED) is 0.151. The molecule has 262 valence electrons. The molecule has 0 radical (unpaired) electrons. The summed E-state index contributed by atoms with van der Waals surface area (Å²) in [5.74, 6) is -18.5. The van der Waals surface area contributed by atoms with Crippen molar-refractivity contribution < 1.29 is 54.3 Å². The Labute approximate surface area is 283 Å². The van der Waals surface area contributed by atoms with Gasteiger partial charge in [0, 0.05) is 17.0 Å². The van der Waals surface area contributed by atoms with Crippen molar-refractivity contribution >= 4 is 69.6 Å². The van der Waals surface area contributed by atoms with Crippen molar-refractivity contribution in [2.24, 2.45) is 11.8 Å². The molecule has 6 nitrogen and oxygen atoms in total. The largest absolute Gasteiger partial charge is 0.378 e. The van der Waals surface area contributed by atoms with Crippen LogP contribution in [0.25, 0.3) is 0 Å². The van der Waals surface area contributed by atoms with Gasteiger partial charge in [0.05, 0.1) is 22.5 Å². The molecule has 2 unspecified atom stereocenters. The highest BCUT2D eigenvalue weighted by molar-refractivity contribution is 6.35. The number of amides is 2. The average Bonchev–Trinajstić information content (AvgIpc) is 3.02. The molecular formula is C31H27Cl3F8N2O4. The first-order chi connectivity index (χ1) is 22.1. The summed E-state index contributed by atoms with van der Waals surface area (Å²) in [5.41, 5.74) is -3.02. The summed E-state index contributed by atoms with van der Waals surface area (Å²) in [4.78, 5) is 53.1. The molecule has 2 aliphatic carbocycles. The molecule has 0 aliphatic heterocycles. The Morgan fingerprint density at radius 3 is 1.69 bits per heavy atom. The molecule has 0 bridgehead atoms. The second-order valence-corrected chi connectivity index (χ2v) is 13.2. The van der Waals surface area contributed by atoms with Gasteiger partial charge in [-0.3, -0.25) is 19.2 Å². The Balaban J connectivity index is 1.70. The lowest BCUT2D eigenvalue weighted by atomic mass is 9.79. The van der Waals surface area contributed by atoms with Gasteiger partial charge >= 0.3 is 27.5 Å². The fourth-order valence-corrected chi connectivity index (χ4v) is 6.30. The first kappa shape index (κ1) is 37.8. The molecule has 2 aromatic carbocycles. The van der Waals surface area contributed by atoms with E-state index in [1.54, 1.807) is 0 Å². The van der Waals surface area contributed by atoms with Crippen molar-refractivity contribution in [1.29, 1.82) is 0 Å². The third kappa shape index (κ3) is 6.39. The minimum Gasteiger partial charge on any atom is -0.325 e. The summed E-state index contributed by atoms with van der Waals surface area (Å²) >= 11 is 13.1. The van der Waals surface area contributed by atoms with Crippen LogP contribution in [0.4, 0.5) is 46.5 Å². The molecule has 1 fully saturated rings. The summed E-state index contributed by atoms with van der Waals surface area (Å²) in [7, 11) is 0. The van der Waals surface area contributed by atoms with E-state index in [9.17, 15) is 54.3 Å². The van der Waals surface area contributed by atoms with E-state index in [-0.39, 0.29) is 16.8 Å². The summed E-state index contributed by atoms with van der Waals surface area (Å²) < 4.78 is 114. The van der Waals surface area contributed by atoms with Gasteiger partial charge < -0.3 is 10.6 Å². The Kier molecular flexibility index (Phi) is 10.6. The van der Waals surface area contributed by atoms with Crippen molar-refractivity contribution in [3.63, 3.8) is 0 Å². The molecule has 2 amide bonds. The Bertz CT molecular complexity index is 1620. The van der Waals surface area contributed by atoms with Crippen molar-refractivity contribution in [2.75, 3.05) is 10.6 Å². The molecule has 0 spiro atoms. The van der Waals surface area contributed by atoms with E-state index < -0.39 is 73.6 Å². The summed E-state index contributed by atoms with van der Waals surface area (Å²) in [6.45, 7) is 2.07. The number of hydrogen-bond acceptors (Lipinski definition) is 4. The number of carbonyl (C=O) groups is 4. The van der Waals surface area contributed by atoms with E-state index in [4.69, 9.17) is 0 Å². The maximum Gasteiger partial charge on any atom is 0.378 e. The number of alkyl halides is 11. The number of hydrogen-bond donors (Lipinski definition) is 2. The van der Waals surface area contributed by atoms with E-state index in [0.29, 0.717) is 18.8 Å². The molecule has 2 N–H and O–H groups in total. The van der Waals surface area contributed by atoms with Crippen LogP contribution in [0.3, 0.4) is 0 Å². The number of carbonyl (C=O) groups excluding carboxylic acids is 4. The lowest BCUT2D eigenvalue weighted by molar-refractivity contribution is -0.258. The van der Waals surface area contributed by atoms with E-state index in [1.165, 1.54) is 29.6 Å². The zero-order chi connectivity index (χ0) is 36.0. The van der Waals surface area contributed by atoms with Gasteiger partial charge in [-0.1, -0.05) is 73.7 Å². The second kappa shape index (κ2) is 13.4. The van der Waals surface area contributed by atoms with Crippen LogP contribution < -0.4 is 10.6 Å². The lowest BCUT2D eigenvalue weighted by Gasteiger charge is -2.39. The normalized spacial score (nSPS) is 21.0. The minimum absolute atomic E-state index is 0.165. The van der Waals surface area contributed by atoms with E-state index in [1.807, 2.05) is 0 Å². The van der Waals surface area contributed by atoms with Crippen LogP contribution in [0.1, 0.15) is 83.7 Å². The molecule has 0 aromatic heterocycles. The molecule has 48 heavy (non-hydrogen) atoms. The highest BCUT2D eigenvalue weighted by Gasteiger charge is 2.84. The molecule has 2 atom stereocenters. The highest BCUT2D eigenvalue weighted by Crippen LogP contribution is 2.60. The maximum atomic E-state index is 15.0. The van der Waals surface area contributed by atoms with Crippen LogP contribution in [-0.4, -0.2) is 50.9 Å². The summed E-state index contributed by atoms with van der Waals surface area (Å²) in [5, 5.41) is -14.3. The monoisotopic (exact) mass is 748 g/mol. The summed E-state index contributed by atoms with van der Waals surface area (Å²) in [6.07, 6.45) is 5.73. The van der Waals surface area contributed by atoms with E-state index in [0.717, 1.165) is 44.2 Å². The van der Waals surface area contributed by atoms with Gasteiger partial charge in [-0.15, -0.1) is 0 Å². The zero-order valence-corrected chi connectivity index (χ0v) is 27.1.